The second kappa shape index (κ2) is 3.68. The van der Waals surface area contributed by atoms with Crippen molar-refractivity contribution in [3.05, 3.63) is 40.5 Å². The molecule has 0 fully saturated rings. The number of aryl methyl sites for hydroxylation is 1. The number of rotatable bonds is 1. The van der Waals surface area contributed by atoms with Gasteiger partial charge in [-0.2, -0.15) is 0 Å². The van der Waals surface area contributed by atoms with Gasteiger partial charge in [-0.1, -0.05) is 22.0 Å². The minimum absolute atomic E-state index is 0.125. The molecule has 0 aliphatic heterocycles. The first-order chi connectivity index (χ1) is 5.69. The van der Waals surface area contributed by atoms with Crippen LogP contribution in [0.1, 0.15) is 11.1 Å². The molecule has 1 nitrogen and oxygen atoms in total. The molecule has 0 aromatic heterocycles. The second-order valence-corrected chi connectivity index (χ2v) is 3.05. The Morgan fingerprint density at radius 1 is 1.58 bits per heavy atom. The van der Waals surface area contributed by atoms with E-state index in [-0.39, 0.29) is 5.69 Å². The summed E-state index contributed by atoms with van der Waals surface area (Å²) in [6, 6.07) is 3.19. The van der Waals surface area contributed by atoms with Crippen LogP contribution in [0.25, 0.3) is 4.85 Å². The lowest BCUT2D eigenvalue weighted by Gasteiger charge is -2.01. The third-order valence-electron chi connectivity index (χ3n) is 1.58. The van der Waals surface area contributed by atoms with Gasteiger partial charge >= 0.3 is 0 Å². The number of nitrogens with zero attached hydrogens (tertiary/aromatic N) is 1. The Morgan fingerprint density at radius 2 is 2.25 bits per heavy atom. The van der Waals surface area contributed by atoms with E-state index >= 15 is 0 Å². The Labute approximate surface area is 79.2 Å². The molecule has 0 aliphatic carbocycles. The van der Waals surface area contributed by atoms with Crippen molar-refractivity contribution < 1.29 is 4.39 Å². The highest BCUT2D eigenvalue weighted by molar-refractivity contribution is 9.08. The molecule has 1 aromatic rings. The minimum Gasteiger partial charge on any atom is -0.235 e. The van der Waals surface area contributed by atoms with Crippen LogP contribution in [0.15, 0.2) is 12.1 Å². The van der Waals surface area contributed by atoms with Gasteiger partial charge in [0.2, 0.25) is 5.69 Å². The van der Waals surface area contributed by atoms with Gasteiger partial charge in [-0.25, -0.2) is 9.24 Å². The molecule has 1 rings (SSSR count). The summed E-state index contributed by atoms with van der Waals surface area (Å²) in [5, 5.41) is 0.614. The number of hydrogen-bond donors (Lipinski definition) is 0. The topological polar surface area (TPSA) is 4.36 Å². The van der Waals surface area contributed by atoms with Gasteiger partial charge in [-0.3, -0.25) is 0 Å². The summed E-state index contributed by atoms with van der Waals surface area (Å²) < 4.78 is 13.1. The van der Waals surface area contributed by atoms with Gasteiger partial charge in [0.1, 0.15) is 5.82 Å². The SMILES string of the molecule is [C-]#[N+]c1c(C)cc(CBr)cc1F. The molecule has 3 heteroatoms. The van der Waals surface area contributed by atoms with Gasteiger partial charge in [0.25, 0.3) is 0 Å². The van der Waals surface area contributed by atoms with Crippen LogP contribution in [-0.4, -0.2) is 0 Å². The van der Waals surface area contributed by atoms with E-state index < -0.39 is 5.82 Å². The molecule has 62 valence electrons. The monoisotopic (exact) mass is 227 g/mol. The summed E-state index contributed by atoms with van der Waals surface area (Å²) in [6.07, 6.45) is 0. The summed E-state index contributed by atoms with van der Waals surface area (Å²) in [5.74, 6) is -0.431. The van der Waals surface area contributed by atoms with Crippen molar-refractivity contribution in [3.8, 4) is 0 Å². The fraction of sp³-hybridized carbons (Fsp3) is 0.222. The summed E-state index contributed by atoms with van der Waals surface area (Å²) in [4.78, 5) is 3.10. The highest BCUT2D eigenvalue weighted by Crippen LogP contribution is 2.25. The van der Waals surface area contributed by atoms with Crippen molar-refractivity contribution in [1.82, 2.24) is 0 Å². The Morgan fingerprint density at radius 3 is 2.67 bits per heavy atom. The van der Waals surface area contributed by atoms with E-state index in [0.717, 1.165) is 5.56 Å². The van der Waals surface area contributed by atoms with E-state index in [4.69, 9.17) is 6.57 Å². The Hall–Kier alpha value is -0.880. The molecule has 0 saturated heterocycles. The van der Waals surface area contributed by atoms with Gasteiger partial charge < -0.3 is 0 Å². The van der Waals surface area contributed by atoms with Crippen LogP contribution in [0.5, 0.6) is 0 Å². The van der Waals surface area contributed by atoms with Gasteiger partial charge in [-0.05, 0) is 24.1 Å². The lowest BCUT2D eigenvalue weighted by molar-refractivity contribution is 0.631. The number of benzene rings is 1. The third-order valence-corrected chi connectivity index (χ3v) is 2.23. The molecule has 12 heavy (non-hydrogen) atoms. The smallest absolute Gasteiger partial charge is 0.224 e. The molecule has 0 spiro atoms. The third kappa shape index (κ3) is 1.64. The van der Waals surface area contributed by atoms with Crippen LogP contribution in [0.3, 0.4) is 0 Å². The first-order valence-electron chi connectivity index (χ1n) is 3.41. The molecule has 0 N–H and O–H groups in total. The number of halogens is 2. The molecule has 0 unspecified atom stereocenters. The van der Waals surface area contributed by atoms with Crippen molar-refractivity contribution in [1.29, 1.82) is 0 Å². The first-order valence-corrected chi connectivity index (χ1v) is 4.53. The van der Waals surface area contributed by atoms with Gasteiger partial charge in [0, 0.05) is 5.33 Å². The normalized spacial score (nSPS) is 9.50. The Bertz CT molecular complexity index is 318. The Kier molecular flexibility index (Phi) is 2.83. The number of hydrogen-bond acceptors (Lipinski definition) is 0. The zero-order chi connectivity index (χ0) is 9.14. The maximum Gasteiger partial charge on any atom is 0.224 e. The van der Waals surface area contributed by atoms with Crippen molar-refractivity contribution in [2.24, 2.45) is 0 Å². The molecular weight excluding hydrogens is 221 g/mol. The molecular formula is C9H7BrFN. The quantitative estimate of drug-likeness (QED) is 0.511. The zero-order valence-electron chi connectivity index (χ0n) is 6.56. The molecule has 0 aliphatic rings. The highest BCUT2D eigenvalue weighted by Gasteiger charge is 2.06. The predicted molar refractivity (Wildman–Crippen MR) is 50.0 cm³/mol. The average Bonchev–Trinajstić information content (AvgIpc) is 2.03. The van der Waals surface area contributed by atoms with Gasteiger partial charge in [0.05, 0.1) is 6.57 Å². The number of alkyl halides is 1. The lowest BCUT2D eigenvalue weighted by atomic mass is 10.1. The summed E-state index contributed by atoms with van der Waals surface area (Å²) in [7, 11) is 0. The van der Waals surface area contributed by atoms with Crippen LogP contribution in [0.2, 0.25) is 0 Å². The largest absolute Gasteiger partial charge is 0.235 e. The first kappa shape index (κ1) is 9.21. The highest BCUT2D eigenvalue weighted by atomic mass is 79.9. The van der Waals surface area contributed by atoms with Gasteiger partial charge in [-0.15, -0.1) is 0 Å². The van der Waals surface area contributed by atoms with Crippen LogP contribution in [0, 0.1) is 19.3 Å². The van der Waals surface area contributed by atoms with E-state index in [0.29, 0.717) is 10.9 Å². The molecule has 0 amide bonds. The standard InChI is InChI=1S/C9H7BrFN/c1-6-3-7(5-10)4-8(11)9(6)12-2/h3-4H,5H2,1H3. The summed E-state index contributed by atoms with van der Waals surface area (Å²) >= 11 is 3.23. The molecule has 0 radical (unpaired) electrons. The Balaban J connectivity index is 3.30. The second-order valence-electron chi connectivity index (χ2n) is 2.49. The molecule has 0 heterocycles. The van der Waals surface area contributed by atoms with Crippen LogP contribution in [-0.2, 0) is 5.33 Å². The average molecular weight is 228 g/mol. The fourth-order valence-corrected chi connectivity index (χ4v) is 1.35. The summed E-state index contributed by atoms with van der Waals surface area (Å²) in [5.41, 5.74) is 1.68. The molecule has 0 saturated carbocycles. The van der Waals surface area contributed by atoms with Crippen LogP contribution in [0.4, 0.5) is 10.1 Å². The zero-order valence-corrected chi connectivity index (χ0v) is 8.15. The van der Waals surface area contributed by atoms with E-state index in [2.05, 4.69) is 20.8 Å². The van der Waals surface area contributed by atoms with Crippen LogP contribution < -0.4 is 0 Å². The molecule has 0 bridgehead atoms. The van der Waals surface area contributed by atoms with Crippen molar-refractivity contribution >= 4 is 21.6 Å². The van der Waals surface area contributed by atoms with Crippen molar-refractivity contribution in [2.45, 2.75) is 12.3 Å². The van der Waals surface area contributed by atoms with Crippen molar-refractivity contribution in [2.75, 3.05) is 0 Å². The van der Waals surface area contributed by atoms with E-state index in [1.165, 1.54) is 6.07 Å². The van der Waals surface area contributed by atoms with Gasteiger partial charge in [0.15, 0.2) is 0 Å². The van der Waals surface area contributed by atoms with E-state index in [1.54, 1.807) is 6.92 Å². The lowest BCUT2D eigenvalue weighted by Crippen LogP contribution is -1.84. The maximum absolute atomic E-state index is 13.1. The predicted octanol–water partition coefficient (Wildman–Crippen LogP) is 3.58. The van der Waals surface area contributed by atoms with E-state index in [1.807, 2.05) is 6.07 Å². The molecule has 1 aromatic carbocycles. The summed E-state index contributed by atoms with van der Waals surface area (Å²) in [6.45, 7) is 8.46. The molecule has 0 atom stereocenters. The van der Waals surface area contributed by atoms with E-state index in [9.17, 15) is 4.39 Å². The van der Waals surface area contributed by atoms with Crippen molar-refractivity contribution in [3.63, 3.8) is 0 Å². The van der Waals surface area contributed by atoms with Crippen LogP contribution >= 0.6 is 15.9 Å². The maximum atomic E-state index is 13.1. The fourth-order valence-electron chi connectivity index (χ4n) is 1.03. The minimum atomic E-state index is -0.431.